The molecule has 0 bridgehead atoms. The number of fused-ring (bicyclic) bond motifs is 1. The zero-order valence-corrected chi connectivity index (χ0v) is 13.0. The highest BCUT2D eigenvalue weighted by atomic mass is 79.9. The predicted octanol–water partition coefficient (Wildman–Crippen LogP) is 2.99. The molecule has 0 saturated carbocycles. The summed E-state index contributed by atoms with van der Waals surface area (Å²) in [5.41, 5.74) is 6.14. The molecule has 0 unspecified atom stereocenters. The monoisotopic (exact) mass is 363 g/mol. The van der Waals surface area contributed by atoms with Gasteiger partial charge in [0.15, 0.2) is 5.82 Å². The number of thiazole rings is 1. The van der Waals surface area contributed by atoms with E-state index in [2.05, 4.69) is 36.6 Å². The van der Waals surface area contributed by atoms with Gasteiger partial charge >= 0.3 is 0 Å². The summed E-state index contributed by atoms with van der Waals surface area (Å²) >= 11 is 4.81. The van der Waals surface area contributed by atoms with Crippen LogP contribution in [0, 0.1) is 0 Å². The second-order valence-electron chi connectivity index (χ2n) is 4.18. The average molecular weight is 364 g/mol. The van der Waals surface area contributed by atoms with E-state index >= 15 is 0 Å². The quantitative estimate of drug-likeness (QED) is 0.491. The smallest absolute Gasteiger partial charge is 0.259 e. The van der Waals surface area contributed by atoms with Crippen LogP contribution in [-0.2, 0) is 0 Å². The fourth-order valence-corrected chi connectivity index (χ4v) is 2.91. The molecule has 8 heteroatoms. The Bertz CT molecular complexity index is 819. The minimum atomic E-state index is -0.291. The number of carbonyl (C=O) groups excluding carboxylic acids is 1. The van der Waals surface area contributed by atoms with Crippen molar-refractivity contribution in [3.05, 3.63) is 46.0 Å². The number of anilines is 2. The fourth-order valence-electron chi connectivity index (χ4n) is 1.86. The van der Waals surface area contributed by atoms with Crippen LogP contribution in [0.3, 0.4) is 0 Å². The minimum absolute atomic E-state index is 0.291. The van der Waals surface area contributed by atoms with E-state index in [-0.39, 0.29) is 5.91 Å². The molecule has 3 aromatic rings. The highest BCUT2D eigenvalue weighted by Crippen LogP contribution is 2.23. The summed E-state index contributed by atoms with van der Waals surface area (Å²) in [5, 5.41) is 2.83. The van der Waals surface area contributed by atoms with Crippen LogP contribution >= 0.6 is 27.3 Å². The third-order valence-electron chi connectivity index (χ3n) is 2.82. The molecule has 2 aromatic heterocycles. The van der Waals surface area contributed by atoms with Crippen LogP contribution in [0.25, 0.3) is 10.2 Å². The number of amides is 1. The fraction of sp³-hybridized carbons (Fsp3) is 0. The molecule has 0 aliphatic carbocycles. The van der Waals surface area contributed by atoms with Gasteiger partial charge in [0.05, 0.1) is 21.3 Å². The van der Waals surface area contributed by atoms with Crippen LogP contribution in [0.1, 0.15) is 10.4 Å². The maximum absolute atomic E-state index is 12.3. The number of pyridine rings is 1. The summed E-state index contributed by atoms with van der Waals surface area (Å²) in [4.78, 5) is 20.6. The van der Waals surface area contributed by atoms with E-state index in [1.165, 1.54) is 11.3 Å². The lowest BCUT2D eigenvalue weighted by Gasteiger charge is -2.09. The molecule has 0 spiro atoms. The molecule has 1 aromatic carbocycles. The molecule has 1 amide bonds. The number of rotatable bonds is 3. The van der Waals surface area contributed by atoms with Crippen molar-refractivity contribution in [1.29, 1.82) is 0 Å². The van der Waals surface area contributed by atoms with Crippen molar-refractivity contribution in [3.63, 3.8) is 0 Å². The van der Waals surface area contributed by atoms with Crippen molar-refractivity contribution in [1.82, 2.24) is 9.97 Å². The van der Waals surface area contributed by atoms with Crippen molar-refractivity contribution in [2.75, 3.05) is 10.7 Å². The number of hydrogen-bond acceptors (Lipinski definition) is 6. The topological polar surface area (TPSA) is 92.9 Å². The van der Waals surface area contributed by atoms with Gasteiger partial charge in [0, 0.05) is 16.4 Å². The minimum Gasteiger partial charge on any atom is -0.322 e. The standard InChI is InChI=1S/C13H10BrN5OS/c14-7-3-9(12(19-15)16-5-7)13(20)18-8-1-2-10-11(4-8)21-6-17-10/h1-6H,15H2,(H,16,19)(H,18,20). The Morgan fingerprint density at radius 1 is 1.29 bits per heavy atom. The maximum Gasteiger partial charge on any atom is 0.259 e. The van der Waals surface area contributed by atoms with Gasteiger partial charge in [-0.15, -0.1) is 11.3 Å². The van der Waals surface area contributed by atoms with Gasteiger partial charge in [-0.05, 0) is 40.2 Å². The van der Waals surface area contributed by atoms with Crippen LogP contribution < -0.4 is 16.6 Å². The van der Waals surface area contributed by atoms with Crippen LogP contribution in [0.4, 0.5) is 11.5 Å². The average Bonchev–Trinajstić information content (AvgIpc) is 2.94. The highest BCUT2D eigenvalue weighted by molar-refractivity contribution is 9.10. The molecule has 0 saturated heterocycles. The number of aromatic nitrogens is 2. The Morgan fingerprint density at radius 3 is 2.95 bits per heavy atom. The largest absolute Gasteiger partial charge is 0.322 e. The Labute approximate surface area is 132 Å². The summed E-state index contributed by atoms with van der Waals surface area (Å²) in [7, 11) is 0. The zero-order chi connectivity index (χ0) is 14.8. The summed E-state index contributed by atoms with van der Waals surface area (Å²) < 4.78 is 1.71. The van der Waals surface area contributed by atoms with E-state index in [0.29, 0.717) is 21.5 Å². The van der Waals surface area contributed by atoms with Gasteiger partial charge in [0.2, 0.25) is 0 Å². The molecule has 0 aliphatic heterocycles. The predicted molar refractivity (Wildman–Crippen MR) is 87.3 cm³/mol. The van der Waals surface area contributed by atoms with E-state index in [9.17, 15) is 4.79 Å². The number of benzene rings is 1. The van der Waals surface area contributed by atoms with Crippen molar-refractivity contribution < 1.29 is 4.79 Å². The van der Waals surface area contributed by atoms with Gasteiger partial charge in [0.25, 0.3) is 5.91 Å². The van der Waals surface area contributed by atoms with Crippen molar-refractivity contribution in [2.24, 2.45) is 5.84 Å². The maximum atomic E-state index is 12.3. The summed E-state index contributed by atoms with van der Waals surface area (Å²) in [5.74, 6) is 5.40. The molecule has 4 N–H and O–H groups in total. The van der Waals surface area contributed by atoms with E-state index in [1.54, 1.807) is 23.8 Å². The summed E-state index contributed by atoms with van der Waals surface area (Å²) in [6, 6.07) is 7.21. The molecule has 106 valence electrons. The van der Waals surface area contributed by atoms with Crippen LogP contribution in [0.5, 0.6) is 0 Å². The number of hydrogen-bond donors (Lipinski definition) is 3. The van der Waals surface area contributed by atoms with Gasteiger partial charge in [-0.1, -0.05) is 0 Å². The number of hydrazine groups is 1. The number of nitrogens with two attached hydrogens (primary N) is 1. The normalized spacial score (nSPS) is 10.6. The first-order valence-electron chi connectivity index (χ1n) is 5.94. The molecule has 2 heterocycles. The third-order valence-corrected chi connectivity index (χ3v) is 4.05. The second-order valence-corrected chi connectivity index (χ2v) is 5.99. The van der Waals surface area contributed by atoms with Gasteiger partial charge in [-0.3, -0.25) is 4.79 Å². The summed E-state index contributed by atoms with van der Waals surface area (Å²) in [6.45, 7) is 0. The first-order chi connectivity index (χ1) is 10.2. The molecule has 6 nitrogen and oxygen atoms in total. The van der Waals surface area contributed by atoms with E-state index in [4.69, 9.17) is 5.84 Å². The molecule has 0 atom stereocenters. The molecular formula is C13H10BrN5OS. The second kappa shape index (κ2) is 5.76. The van der Waals surface area contributed by atoms with Gasteiger partial charge in [0.1, 0.15) is 0 Å². The molecule has 0 aliphatic rings. The lowest BCUT2D eigenvalue weighted by atomic mass is 10.2. The van der Waals surface area contributed by atoms with Crippen molar-refractivity contribution >= 4 is 54.9 Å². The van der Waals surface area contributed by atoms with Crippen LogP contribution in [-0.4, -0.2) is 15.9 Å². The number of nitrogens with zero attached hydrogens (tertiary/aromatic N) is 2. The van der Waals surface area contributed by atoms with Crippen molar-refractivity contribution in [3.8, 4) is 0 Å². The zero-order valence-electron chi connectivity index (χ0n) is 10.6. The Morgan fingerprint density at radius 2 is 2.14 bits per heavy atom. The first-order valence-corrected chi connectivity index (χ1v) is 7.61. The molecule has 3 rings (SSSR count). The molecule has 0 radical (unpaired) electrons. The lowest BCUT2D eigenvalue weighted by Crippen LogP contribution is -2.18. The molecule has 21 heavy (non-hydrogen) atoms. The van der Waals surface area contributed by atoms with Gasteiger partial charge in [-0.25, -0.2) is 15.8 Å². The van der Waals surface area contributed by atoms with Crippen LogP contribution in [0.15, 0.2) is 40.4 Å². The van der Waals surface area contributed by atoms with Gasteiger partial charge < -0.3 is 10.7 Å². The number of nitrogen functional groups attached to an aromatic ring is 1. The van der Waals surface area contributed by atoms with E-state index in [0.717, 1.165) is 10.2 Å². The molecule has 0 fully saturated rings. The Balaban J connectivity index is 1.90. The number of nitrogens with one attached hydrogen (secondary N) is 2. The van der Waals surface area contributed by atoms with E-state index in [1.807, 2.05) is 12.1 Å². The highest BCUT2D eigenvalue weighted by Gasteiger charge is 2.13. The lowest BCUT2D eigenvalue weighted by molar-refractivity contribution is 0.102. The third kappa shape index (κ3) is 2.87. The molecular weight excluding hydrogens is 354 g/mol. The van der Waals surface area contributed by atoms with E-state index < -0.39 is 0 Å². The number of carbonyl (C=O) groups is 1. The summed E-state index contributed by atoms with van der Waals surface area (Å²) in [6.07, 6.45) is 1.56. The van der Waals surface area contributed by atoms with Crippen LogP contribution in [0.2, 0.25) is 0 Å². The van der Waals surface area contributed by atoms with Crippen molar-refractivity contribution in [2.45, 2.75) is 0 Å². The first kappa shape index (κ1) is 13.9. The SMILES string of the molecule is NNc1ncc(Br)cc1C(=O)Nc1ccc2ncsc2c1. The number of halogens is 1. The Hall–Kier alpha value is -2.03. The Kier molecular flexibility index (Phi) is 3.82. The van der Waals surface area contributed by atoms with Gasteiger partial charge in [-0.2, -0.15) is 0 Å².